The molecular formula is C17H19NO3. The fourth-order valence-corrected chi connectivity index (χ4v) is 2.58. The zero-order valence-corrected chi connectivity index (χ0v) is 11.9. The van der Waals surface area contributed by atoms with Gasteiger partial charge < -0.3 is 9.15 Å². The van der Waals surface area contributed by atoms with E-state index in [1.54, 1.807) is 6.26 Å². The third-order valence-electron chi connectivity index (χ3n) is 3.76. The number of ketones is 1. The predicted octanol–water partition coefficient (Wildman–Crippen LogP) is 2.93. The summed E-state index contributed by atoms with van der Waals surface area (Å²) in [6.45, 7) is 3.06. The lowest BCUT2D eigenvalue weighted by molar-refractivity contribution is -0.0397. The average molecular weight is 285 g/mol. The normalized spacial score (nSPS) is 19.5. The number of rotatable bonds is 5. The maximum atomic E-state index is 12.1. The van der Waals surface area contributed by atoms with Crippen LogP contribution in [-0.2, 0) is 4.74 Å². The number of hydrogen-bond donors (Lipinski definition) is 0. The van der Waals surface area contributed by atoms with Gasteiger partial charge in [-0.3, -0.25) is 9.69 Å². The van der Waals surface area contributed by atoms with Crippen molar-refractivity contribution in [3.63, 3.8) is 0 Å². The van der Waals surface area contributed by atoms with Gasteiger partial charge in [-0.05, 0) is 12.1 Å². The summed E-state index contributed by atoms with van der Waals surface area (Å²) in [7, 11) is 0. The highest BCUT2D eigenvalue weighted by molar-refractivity contribution is 5.96. The van der Waals surface area contributed by atoms with Gasteiger partial charge in [0.2, 0.25) is 0 Å². The van der Waals surface area contributed by atoms with Crippen molar-refractivity contribution in [3.05, 3.63) is 60.1 Å². The van der Waals surface area contributed by atoms with Crippen LogP contribution in [0.5, 0.6) is 0 Å². The minimum Gasteiger partial charge on any atom is -0.467 e. The molecule has 3 rings (SSSR count). The van der Waals surface area contributed by atoms with Crippen molar-refractivity contribution in [1.29, 1.82) is 0 Å². The molecule has 0 radical (unpaired) electrons. The van der Waals surface area contributed by atoms with Gasteiger partial charge in [-0.15, -0.1) is 0 Å². The Labute approximate surface area is 124 Å². The molecule has 110 valence electrons. The molecule has 21 heavy (non-hydrogen) atoms. The van der Waals surface area contributed by atoms with E-state index >= 15 is 0 Å². The van der Waals surface area contributed by atoms with Crippen LogP contribution in [0, 0.1) is 0 Å². The molecule has 1 fully saturated rings. The van der Waals surface area contributed by atoms with E-state index in [0.29, 0.717) is 13.0 Å². The van der Waals surface area contributed by atoms with Crippen LogP contribution in [0.3, 0.4) is 0 Å². The van der Waals surface area contributed by atoms with Gasteiger partial charge in [-0.25, -0.2) is 0 Å². The van der Waals surface area contributed by atoms with E-state index in [-0.39, 0.29) is 11.9 Å². The molecule has 1 saturated heterocycles. The van der Waals surface area contributed by atoms with E-state index < -0.39 is 0 Å². The lowest BCUT2D eigenvalue weighted by atomic mass is 10.1. The quantitative estimate of drug-likeness (QED) is 0.792. The highest BCUT2D eigenvalue weighted by Gasteiger charge is 2.24. The molecule has 0 unspecified atom stereocenters. The number of benzene rings is 1. The molecule has 4 heteroatoms. The van der Waals surface area contributed by atoms with E-state index in [9.17, 15) is 4.79 Å². The van der Waals surface area contributed by atoms with E-state index in [1.807, 2.05) is 42.5 Å². The maximum Gasteiger partial charge on any atom is 0.164 e. The monoisotopic (exact) mass is 285 g/mol. The minimum absolute atomic E-state index is 0.0272. The second kappa shape index (κ2) is 6.70. The van der Waals surface area contributed by atoms with E-state index in [4.69, 9.17) is 9.15 Å². The van der Waals surface area contributed by atoms with Crippen LogP contribution in [-0.4, -0.2) is 36.9 Å². The van der Waals surface area contributed by atoms with Crippen molar-refractivity contribution in [2.24, 2.45) is 0 Å². The van der Waals surface area contributed by atoms with Gasteiger partial charge in [-0.2, -0.15) is 0 Å². The first-order valence-corrected chi connectivity index (χ1v) is 7.28. The third kappa shape index (κ3) is 3.60. The van der Waals surface area contributed by atoms with Gasteiger partial charge in [-0.1, -0.05) is 30.3 Å². The number of nitrogens with zero attached hydrogens (tertiary/aromatic N) is 1. The molecule has 1 atom stereocenters. The number of hydrogen-bond acceptors (Lipinski definition) is 4. The van der Waals surface area contributed by atoms with Gasteiger partial charge in [0.15, 0.2) is 5.78 Å². The Bertz CT molecular complexity index is 565. The Morgan fingerprint density at radius 3 is 2.81 bits per heavy atom. The highest BCUT2D eigenvalue weighted by atomic mass is 16.5. The first kappa shape index (κ1) is 14.0. The van der Waals surface area contributed by atoms with Gasteiger partial charge in [0.1, 0.15) is 11.9 Å². The van der Waals surface area contributed by atoms with Crippen molar-refractivity contribution in [2.45, 2.75) is 12.5 Å². The first-order valence-electron chi connectivity index (χ1n) is 7.28. The Morgan fingerprint density at radius 1 is 1.19 bits per heavy atom. The second-order valence-electron chi connectivity index (χ2n) is 5.21. The van der Waals surface area contributed by atoms with Crippen molar-refractivity contribution in [3.8, 4) is 0 Å². The standard InChI is InChI=1S/C17H19NO3/c19-15(14-5-2-1-3-6-14)8-9-18-10-12-21-17(13-18)16-7-4-11-20-16/h1-7,11,17H,8-10,12-13H2/t17-/m0/s1. The molecule has 1 aliphatic rings. The van der Waals surface area contributed by atoms with Crippen LogP contribution in [0.25, 0.3) is 0 Å². The molecule has 2 aromatic rings. The molecule has 0 spiro atoms. The number of morpholine rings is 1. The van der Waals surface area contributed by atoms with Gasteiger partial charge in [0.05, 0.1) is 12.9 Å². The van der Waals surface area contributed by atoms with Crippen LogP contribution in [0.1, 0.15) is 28.6 Å². The molecule has 0 bridgehead atoms. The van der Waals surface area contributed by atoms with E-state index in [0.717, 1.165) is 31.0 Å². The Balaban J connectivity index is 1.52. The second-order valence-corrected chi connectivity index (χ2v) is 5.21. The molecule has 0 N–H and O–H groups in total. The van der Waals surface area contributed by atoms with Crippen molar-refractivity contribution >= 4 is 5.78 Å². The molecule has 0 amide bonds. The molecule has 0 aliphatic carbocycles. The summed E-state index contributed by atoms with van der Waals surface area (Å²) in [6.07, 6.45) is 2.17. The maximum absolute atomic E-state index is 12.1. The summed E-state index contributed by atoms with van der Waals surface area (Å²) in [6, 6.07) is 13.3. The topological polar surface area (TPSA) is 42.7 Å². The zero-order valence-electron chi connectivity index (χ0n) is 11.9. The summed E-state index contributed by atoms with van der Waals surface area (Å²) >= 11 is 0. The fourth-order valence-electron chi connectivity index (χ4n) is 2.58. The van der Waals surface area contributed by atoms with Crippen LogP contribution >= 0.6 is 0 Å². The molecule has 1 aromatic carbocycles. The lowest BCUT2D eigenvalue weighted by Crippen LogP contribution is -2.39. The summed E-state index contributed by atoms with van der Waals surface area (Å²) in [5.41, 5.74) is 0.786. The SMILES string of the molecule is O=C(CCN1CCO[C@H](c2ccco2)C1)c1ccccc1. The third-order valence-corrected chi connectivity index (χ3v) is 3.76. The molecule has 1 aromatic heterocycles. The molecule has 4 nitrogen and oxygen atoms in total. The molecular weight excluding hydrogens is 266 g/mol. The molecule has 0 saturated carbocycles. The molecule has 1 aliphatic heterocycles. The summed E-state index contributed by atoms with van der Waals surface area (Å²) in [5, 5.41) is 0. The van der Waals surface area contributed by atoms with Gasteiger partial charge in [0.25, 0.3) is 0 Å². The number of carbonyl (C=O) groups is 1. The van der Waals surface area contributed by atoms with E-state index in [1.165, 1.54) is 0 Å². The number of carbonyl (C=O) groups excluding carboxylic acids is 1. The smallest absolute Gasteiger partial charge is 0.164 e. The Kier molecular flexibility index (Phi) is 4.48. The van der Waals surface area contributed by atoms with Crippen LogP contribution in [0.15, 0.2) is 53.1 Å². The highest BCUT2D eigenvalue weighted by Crippen LogP contribution is 2.22. The summed E-state index contributed by atoms with van der Waals surface area (Å²) < 4.78 is 11.1. The van der Waals surface area contributed by atoms with Crippen molar-refractivity contribution in [1.82, 2.24) is 4.90 Å². The summed E-state index contributed by atoms with van der Waals surface area (Å²) in [4.78, 5) is 14.4. The zero-order chi connectivity index (χ0) is 14.5. The van der Waals surface area contributed by atoms with Gasteiger partial charge >= 0.3 is 0 Å². The largest absolute Gasteiger partial charge is 0.467 e. The van der Waals surface area contributed by atoms with E-state index in [2.05, 4.69) is 4.90 Å². The number of furan rings is 1. The van der Waals surface area contributed by atoms with Crippen LogP contribution in [0.4, 0.5) is 0 Å². The first-order chi connectivity index (χ1) is 10.3. The Morgan fingerprint density at radius 2 is 2.05 bits per heavy atom. The fraction of sp³-hybridized carbons (Fsp3) is 0.353. The predicted molar refractivity (Wildman–Crippen MR) is 79.2 cm³/mol. The van der Waals surface area contributed by atoms with Crippen molar-refractivity contribution < 1.29 is 13.9 Å². The van der Waals surface area contributed by atoms with Crippen molar-refractivity contribution in [2.75, 3.05) is 26.2 Å². The number of Topliss-reactive ketones (excluding diaryl/α,β-unsaturated/α-hetero) is 1. The summed E-state index contributed by atoms with van der Waals surface area (Å²) in [5.74, 6) is 1.05. The average Bonchev–Trinajstić information content (AvgIpc) is 3.08. The lowest BCUT2D eigenvalue weighted by Gasteiger charge is -2.31. The minimum atomic E-state index is -0.0272. The molecule has 2 heterocycles. The van der Waals surface area contributed by atoms with Crippen LogP contribution in [0.2, 0.25) is 0 Å². The van der Waals surface area contributed by atoms with Gasteiger partial charge in [0, 0.05) is 31.6 Å². The van der Waals surface area contributed by atoms with Crippen LogP contribution < -0.4 is 0 Å². The Hall–Kier alpha value is -1.91. The number of ether oxygens (including phenoxy) is 1.